The Morgan fingerprint density at radius 3 is 3.06 bits per heavy atom. The molecule has 0 unspecified atom stereocenters. The zero-order valence-corrected chi connectivity index (χ0v) is 11.2. The Hall–Kier alpha value is -1.22. The van der Waals surface area contributed by atoms with Gasteiger partial charge in [0.15, 0.2) is 0 Å². The van der Waals surface area contributed by atoms with Gasteiger partial charge in [-0.05, 0) is 30.9 Å². The van der Waals surface area contributed by atoms with E-state index >= 15 is 0 Å². The molecule has 0 saturated carbocycles. The van der Waals surface area contributed by atoms with Gasteiger partial charge in [-0.2, -0.15) is 0 Å². The zero-order valence-electron chi connectivity index (χ0n) is 11.2. The highest BCUT2D eigenvalue weighted by atomic mass is 16.5. The number of ether oxygens (including phenoxy) is 2. The summed E-state index contributed by atoms with van der Waals surface area (Å²) < 4.78 is 11.2. The maximum atomic E-state index is 5.69. The third-order valence-electron chi connectivity index (χ3n) is 3.16. The van der Waals surface area contributed by atoms with E-state index < -0.39 is 0 Å². The van der Waals surface area contributed by atoms with E-state index in [-0.39, 0.29) is 0 Å². The topological polar surface area (TPSA) is 30.5 Å². The third-order valence-corrected chi connectivity index (χ3v) is 3.16. The fourth-order valence-corrected chi connectivity index (χ4v) is 2.10. The van der Waals surface area contributed by atoms with Gasteiger partial charge in [0.25, 0.3) is 0 Å². The van der Waals surface area contributed by atoms with Gasteiger partial charge in [0, 0.05) is 24.9 Å². The molecule has 1 aromatic carbocycles. The molecule has 2 rings (SSSR count). The van der Waals surface area contributed by atoms with E-state index in [1.165, 1.54) is 30.5 Å². The number of hydrogen-bond donors (Lipinski definition) is 1. The van der Waals surface area contributed by atoms with E-state index in [0.717, 1.165) is 25.3 Å². The van der Waals surface area contributed by atoms with Crippen LogP contribution in [0.2, 0.25) is 0 Å². The highest BCUT2D eigenvalue weighted by Gasteiger charge is 2.08. The molecule has 0 bridgehead atoms. The minimum Gasteiger partial charge on any atom is -0.491 e. The van der Waals surface area contributed by atoms with Crippen LogP contribution >= 0.6 is 0 Å². The molecule has 1 N–H and O–H groups in total. The van der Waals surface area contributed by atoms with Crippen LogP contribution in [0, 0.1) is 0 Å². The van der Waals surface area contributed by atoms with Crippen LogP contribution in [-0.2, 0) is 11.2 Å². The molecule has 0 aromatic heterocycles. The van der Waals surface area contributed by atoms with Crippen molar-refractivity contribution in [2.45, 2.75) is 32.6 Å². The molecule has 0 fully saturated rings. The molecule has 0 radical (unpaired) electrons. The monoisotopic (exact) mass is 249 g/mol. The molecule has 0 aliphatic carbocycles. The maximum absolute atomic E-state index is 5.69. The Labute approximate surface area is 109 Å². The molecule has 1 heterocycles. The van der Waals surface area contributed by atoms with Gasteiger partial charge in [-0.15, -0.1) is 0 Å². The van der Waals surface area contributed by atoms with E-state index in [1.807, 2.05) is 0 Å². The second-order valence-corrected chi connectivity index (χ2v) is 4.66. The summed E-state index contributed by atoms with van der Waals surface area (Å²) in [5.74, 6) is 0.933. The van der Waals surface area contributed by atoms with Crippen molar-refractivity contribution in [2.24, 2.45) is 0 Å². The lowest BCUT2D eigenvalue weighted by molar-refractivity contribution is 0.0981. The van der Waals surface area contributed by atoms with Crippen molar-refractivity contribution in [3.63, 3.8) is 0 Å². The number of benzene rings is 1. The number of unbranched alkanes of at least 4 members (excludes halogenated alkanes) is 1. The van der Waals surface area contributed by atoms with Crippen LogP contribution in [0.4, 0.5) is 5.69 Å². The second kappa shape index (κ2) is 7.27. The van der Waals surface area contributed by atoms with Crippen LogP contribution in [0.15, 0.2) is 18.2 Å². The fourth-order valence-electron chi connectivity index (χ4n) is 2.10. The smallest absolute Gasteiger partial charge is 0.121 e. The lowest BCUT2D eigenvalue weighted by atomic mass is 10.0. The van der Waals surface area contributed by atoms with Crippen LogP contribution in [-0.4, -0.2) is 26.4 Å². The van der Waals surface area contributed by atoms with Crippen molar-refractivity contribution < 1.29 is 9.47 Å². The van der Waals surface area contributed by atoms with E-state index in [1.54, 1.807) is 0 Å². The quantitative estimate of drug-likeness (QED) is 0.752. The fraction of sp³-hybridized carbons (Fsp3) is 0.600. The van der Waals surface area contributed by atoms with Crippen molar-refractivity contribution in [1.82, 2.24) is 0 Å². The lowest BCUT2D eigenvalue weighted by Gasteiger charge is -2.18. The molecule has 0 saturated heterocycles. The van der Waals surface area contributed by atoms with Crippen LogP contribution in [0.5, 0.6) is 5.75 Å². The van der Waals surface area contributed by atoms with Gasteiger partial charge in [0.2, 0.25) is 0 Å². The third kappa shape index (κ3) is 3.91. The Kier molecular flexibility index (Phi) is 5.34. The van der Waals surface area contributed by atoms with E-state index in [9.17, 15) is 0 Å². The Morgan fingerprint density at radius 2 is 2.17 bits per heavy atom. The van der Waals surface area contributed by atoms with Crippen molar-refractivity contribution in [1.29, 1.82) is 0 Å². The predicted molar refractivity (Wildman–Crippen MR) is 74.5 cm³/mol. The van der Waals surface area contributed by atoms with Crippen LogP contribution in [0.25, 0.3) is 0 Å². The summed E-state index contributed by atoms with van der Waals surface area (Å²) in [6.45, 7) is 5.37. The summed E-state index contributed by atoms with van der Waals surface area (Å²) in [6, 6.07) is 6.31. The second-order valence-electron chi connectivity index (χ2n) is 4.66. The predicted octanol–water partition coefficient (Wildman–Crippen LogP) is 3.24. The Morgan fingerprint density at radius 1 is 1.22 bits per heavy atom. The average molecular weight is 249 g/mol. The molecule has 3 heteroatoms. The summed E-state index contributed by atoms with van der Waals surface area (Å²) in [6.07, 6.45) is 4.70. The first-order chi connectivity index (χ1) is 8.90. The largest absolute Gasteiger partial charge is 0.491 e. The molecule has 0 spiro atoms. The minimum absolute atomic E-state index is 0.627. The molecule has 1 aliphatic rings. The van der Waals surface area contributed by atoms with E-state index in [4.69, 9.17) is 9.47 Å². The van der Waals surface area contributed by atoms with Gasteiger partial charge in [-0.25, -0.2) is 0 Å². The number of rotatable bonds is 7. The number of anilines is 1. The molecular formula is C15H23NO2. The van der Waals surface area contributed by atoms with E-state index in [2.05, 4.69) is 30.4 Å². The summed E-state index contributed by atoms with van der Waals surface area (Å²) in [5, 5.41) is 3.41. The molecule has 1 aliphatic heterocycles. The molecule has 1 aromatic rings. The lowest BCUT2D eigenvalue weighted by Crippen LogP contribution is -2.12. The maximum Gasteiger partial charge on any atom is 0.121 e. The van der Waals surface area contributed by atoms with Gasteiger partial charge in [0.05, 0.1) is 6.61 Å². The van der Waals surface area contributed by atoms with Crippen molar-refractivity contribution in [3.05, 3.63) is 23.8 Å². The zero-order chi connectivity index (χ0) is 12.6. The SMILES string of the molecule is CCCCOCCOc1ccc2c(c1)NCCC2. The Balaban J connectivity index is 1.72. The highest BCUT2D eigenvalue weighted by Crippen LogP contribution is 2.26. The summed E-state index contributed by atoms with van der Waals surface area (Å²) >= 11 is 0. The normalized spacial score (nSPS) is 13.8. The summed E-state index contributed by atoms with van der Waals surface area (Å²) in [5.41, 5.74) is 2.62. The number of aryl methyl sites for hydroxylation is 1. The first-order valence-corrected chi connectivity index (χ1v) is 6.97. The van der Waals surface area contributed by atoms with Gasteiger partial charge in [-0.3, -0.25) is 0 Å². The number of nitrogens with one attached hydrogen (secondary N) is 1. The van der Waals surface area contributed by atoms with Crippen LogP contribution < -0.4 is 10.1 Å². The number of fused-ring (bicyclic) bond motifs is 1. The van der Waals surface area contributed by atoms with Crippen LogP contribution in [0.1, 0.15) is 31.7 Å². The molecule has 0 amide bonds. The highest BCUT2D eigenvalue weighted by molar-refractivity contribution is 5.56. The Bertz CT molecular complexity index is 366. The van der Waals surface area contributed by atoms with Crippen molar-refractivity contribution in [3.8, 4) is 5.75 Å². The molecular weight excluding hydrogens is 226 g/mol. The average Bonchev–Trinajstić information content (AvgIpc) is 2.42. The summed E-state index contributed by atoms with van der Waals surface area (Å²) in [4.78, 5) is 0. The molecule has 18 heavy (non-hydrogen) atoms. The van der Waals surface area contributed by atoms with Gasteiger partial charge in [-0.1, -0.05) is 19.4 Å². The van der Waals surface area contributed by atoms with Crippen molar-refractivity contribution >= 4 is 5.69 Å². The molecule has 100 valence electrons. The summed E-state index contributed by atoms with van der Waals surface area (Å²) in [7, 11) is 0. The van der Waals surface area contributed by atoms with E-state index in [0.29, 0.717) is 13.2 Å². The molecule has 3 nitrogen and oxygen atoms in total. The van der Waals surface area contributed by atoms with Crippen LogP contribution in [0.3, 0.4) is 0 Å². The van der Waals surface area contributed by atoms with Gasteiger partial charge < -0.3 is 14.8 Å². The minimum atomic E-state index is 0.627. The van der Waals surface area contributed by atoms with Gasteiger partial charge >= 0.3 is 0 Å². The van der Waals surface area contributed by atoms with Crippen molar-refractivity contribution in [2.75, 3.05) is 31.7 Å². The first-order valence-electron chi connectivity index (χ1n) is 6.97. The number of hydrogen-bond acceptors (Lipinski definition) is 3. The standard InChI is InChI=1S/C15H23NO2/c1-2-3-9-17-10-11-18-14-7-6-13-5-4-8-16-15(13)12-14/h6-7,12,16H,2-5,8-11H2,1H3. The first kappa shape index (κ1) is 13.2. The molecule has 0 atom stereocenters. The van der Waals surface area contributed by atoms with Gasteiger partial charge in [0.1, 0.15) is 12.4 Å².